The Morgan fingerprint density at radius 1 is 1.26 bits per heavy atom. The fourth-order valence-corrected chi connectivity index (χ4v) is 2.99. The van der Waals surface area contributed by atoms with Crippen molar-refractivity contribution in [1.82, 2.24) is 4.90 Å². The number of ether oxygens (including phenoxy) is 2. The molecule has 1 atom stereocenters. The first-order valence-electron chi connectivity index (χ1n) is 6.71. The lowest BCUT2D eigenvalue weighted by atomic mass is 10.2. The van der Waals surface area contributed by atoms with Gasteiger partial charge in [0, 0.05) is 30.5 Å². The van der Waals surface area contributed by atoms with Gasteiger partial charge in [-0.25, -0.2) is 0 Å². The number of benzene rings is 1. The maximum Gasteiger partial charge on any atom is 0.162 e. The molecular weight excluding hydrogens is 310 g/mol. The second kappa shape index (κ2) is 5.69. The van der Waals surface area contributed by atoms with E-state index < -0.39 is 0 Å². The summed E-state index contributed by atoms with van der Waals surface area (Å²) in [5.41, 5.74) is 1.18. The van der Waals surface area contributed by atoms with Gasteiger partial charge in [0.05, 0.1) is 19.3 Å². The minimum Gasteiger partial charge on any atom is -0.490 e. The summed E-state index contributed by atoms with van der Waals surface area (Å²) < 4.78 is 12.4. The Bertz CT molecular complexity index is 466. The zero-order valence-electron chi connectivity index (χ0n) is 10.8. The highest BCUT2D eigenvalue weighted by molar-refractivity contribution is 9.10. The zero-order valence-corrected chi connectivity index (χ0v) is 12.4. The molecule has 1 saturated heterocycles. The van der Waals surface area contributed by atoms with Crippen LogP contribution in [0, 0.1) is 0 Å². The fraction of sp³-hybridized carbons (Fsp3) is 0.571. The van der Waals surface area contributed by atoms with Gasteiger partial charge < -0.3 is 14.6 Å². The van der Waals surface area contributed by atoms with E-state index in [1.165, 1.54) is 5.56 Å². The highest BCUT2D eigenvalue weighted by Crippen LogP contribution is 2.36. The van der Waals surface area contributed by atoms with E-state index in [1.54, 1.807) is 0 Å². The van der Waals surface area contributed by atoms with Crippen molar-refractivity contribution in [3.8, 4) is 11.5 Å². The van der Waals surface area contributed by atoms with Gasteiger partial charge in [-0.3, -0.25) is 4.90 Å². The topological polar surface area (TPSA) is 41.9 Å². The minimum absolute atomic E-state index is 0.181. The third-order valence-electron chi connectivity index (χ3n) is 3.56. The Kier molecular flexibility index (Phi) is 3.96. The van der Waals surface area contributed by atoms with Gasteiger partial charge in [-0.15, -0.1) is 0 Å². The SMILES string of the molecule is O[C@H]1CCN(Cc2cc3c(cc2Br)OCCCO3)C1. The summed E-state index contributed by atoms with van der Waals surface area (Å²) in [6.07, 6.45) is 1.60. The van der Waals surface area contributed by atoms with Crippen LogP contribution >= 0.6 is 15.9 Å². The molecule has 2 aliphatic heterocycles. The second-order valence-corrected chi connectivity index (χ2v) is 5.97. The Morgan fingerprint density at radius 2 is 2.00 bits per heavy atom. The molecule has 2 heterocycles. The maximum atomic E-state index is 9.58. The molecule has 0 aromatic heterocycles. The number of halogens is 1. The standard InChI is InChI=1S/C14H18BrNO3/c15-12-7-14-13(18-4-1-5-19-14)6-10(12)8-16-3-2-11(17)9-16/h6-7,11,17H,1-5,8-9H2/t11-/m0/s1. The van der Waals surface area contributed by atoms with Crippen LogP contribution in [0.25, 0.3) is 0 Å². The Balaban J connectivity index is 1.79. The van der Waals surface area contributed by atoms with Gasteiger partial charge in [0.15, 0.2) is 11.5 Å². The van der Waals surface area contributed by atoms with Crippen molar-refractivity contribution in [2.45, 2.75) is 25.5 Å². The normalized spacial score (nSPS) is 23.4. The molecule has 0 unspecified atom stereocenters. The average molecular weight is 328 g/mol. The van der Waals surface area contributed by atoms with E-state index in [0.29, 0.717) is 13.2 Å². The zero-order chi connectivity index (χ0) is 13.2. The third-order valence-corrected chi connectivity index (χ3v) is 4.30. The Morgan fingerprint density at radius 3 is 2.68 bits per heavy atom. The van der Waals surface area contributed by atoms with Crippen LogP contribution in [-0.2, 0) is 6.54 Å². The number of aliphatic hydroxyl groups is 1. The highest BCUT2D eigenvalue weighted by atomic mass is 79.9. The lowest BCUT2D eigenvalue weighted by Crippen LogP contribution is -2.21. The number of fused-ring (bicyclic) bond motifs is 1. The summed E-state index contributed by atoms with van der Waals surface area (Å²) in [4.78, 5) is 2.26. The first kappa shape index (κ1) is 13.2. The first-order valence-corrected chi connectivity index (χ1v) is 7.50. The van der Waals surface area contributed by atoms with E-state index in [2.05, 4.69) is 26.9 Å². The fourth-order valence-electron chi connectivity index (χ4n) is 2.54. The lowest BCUT2D eigenvalue weighted by molar-refractivity contribution is 0.174. The van der Waals surface area contributed by atoms with Crippen LogP contribution in [0.4, 0.5) is 0 Å². The maximum absolute atomic E-state index is 9.58. The molecule has 5 heteroatoms. The van der Waals surface area contributed by atoms with Crippen LogP contribution < -0.4 is 9.47 Å². The van der Waals surface area contributed by atoms with Gasteiger partial charge in [-0.2, -0.15) is 0 Å². The third kappa shape index (κ3) is 3.04. The Hall–Kier alpha value is -0.780. The number of likely N-dealkylation sites (tertiary alicyclic amines) is 1. The van der Waals surface area contributed by atoms with Crippen molar-refractivity contribution in [1.29, 1.82) is 0 Å². The van der Waals surface area contributed by atoms with Gasteiger partial charge >= 0.3 is 0 Å². The number of rotatable bonds is 2. The summed E-state index contributed by atoms with van der Waals surface area (Å²) in [6, 6.07) is 4.04. The number of aliphatic hydroxyl groups excluding tert-OH is 1. The number of hydrogen-bond donors (Lipinski definition) is 1. The van der Waals surface area contributed by atoms with Crippen molar-refractivity contribution in [2.75, 3.05) is 26.3 Å². The molecular formula is C14H18BrNO3. The highest BCUT2D eigenvalue weighted by Gasteiger charge is 2.22. The summed E-state index contributed by atoms with van der Waals surface area (Å²) in [7, 11) is 0. The quantitative estimate of drug-likeness (QED) is 0.904. The van der Waals surface area contributed by atoms with Crippen LogP contribution in [-0.4, -0.2) is 42.4 Å². The van der Waals surface area contributed by atoms with Crippen molar-refractivity contribution < 1.29 is 14.6 Å². The summed E-state index contributed by atoms with van der Waals surface area (Å²) in [5.74, 6) is 1.64. The molecule has 104 valence electrons. The molecule has 1 fully saturated rings. The monoisotopic (exact) mass is 327 g/mol. The molecule has 0 radical (unpaired) electrons. The molecule has 1 aromatic rings. The first-order chi connectivity index (χ1) is 9.22. The van der Waals surface area contributed by atoms with Gasteiger partial charge in [0.25, 0.3) is 0 Å². The van der Waals surface area contributed by atoms with E-state index in [4.69, 9.17) is 9.47 Å². The number of β-amino-alcohol motifs (C(OH)–C–C–N with tert-alkyl or cyclic N) is 1. The molecule has 0 saturated carbocycles. The minimum atomic E-state index is -0.181. The summed E-state index contributed by atoms with van der Waals surface area (Å²) in [5, 5.41) is 9.58. The van der Waals surface area contributed by atoms with E-state index >= 15 is 0 Å². The molecule has 4 nitrogen and oxygen atoms in total. The molecule has 0 aliphatic carbocycles. The van der Waals surface area contributed by atoms with Crippen molar-refractivity contribution in [2.24, 2.45) is 0 Å². The average Bonchev–Trinajstić information content (AvgIpc) is 2.65. The van der Waals surface area contributed by atoms with Crippen LogP contribution in [0.2, 0.25) is 0 Å². The molecule has 1 aromatic carbocycles. The van der Waals surface area contributed by atoms with Crippen molar-refractivity contribution >= 4 is 15.9 Å². The molecule has 0 spiro atoms. The van der Waals surface area contributed by atoms with Gasteiger partial charge in [0.1, 0.15) is 0 Å². The Labute approximate surface area is 121 Å². The molecule has 0 bridgehead atoms. The predicted molar refractivity (Wildman–Crippen MR) is 75.6 cm³/mol. The van der Waals surface area contributed by atoms with Crippen LogP contribution in [0.3, 0.4) is 0 Å². The summed E-state index contributed by atoms with van der Waals surface area (Å²) >= 11 is 3.60. The van der Waals surface area contributed by atoms with Gasteiger partial charge in [0.2, 0.25) is 0 Å². The van der Waals surface area contributed by atoms with E-state index in [9.17, 15) is 5.11 Å². The predicted octanol–water partition coefficient (Wildman–Crippen LogP) is 2.18. The molecule has 2 aliphatic rings. The number of hydrogen-bond acceptors (Lipinski definition) is 4. The van der Waals surface area contributed by atoms with Gasteiger partial charge in [-0.1, -0.05) is 15.9 Å². The smallest absolute Gasteiger partial charge is 0.162 e. The molecule has 0 amide bonds. The van der Waals surface area contributed by atoms with E-state index in [0.717, 1.165) is 48.4 Å². The second-order valence-electron chi connectivity index (χ2n) is 5.12. The van der Waals surface area contributed by atoms with Crippen LogP contribution in [0.5, 0.6) is 11.5 Å². The number of nitrogens with zero attached hydrogens (tertiary/aromatic N) is 1. The molecule has 19 heavy (non-hydrogen) atoms. The molecule has 1 N–H and O–H groups in total. The van der Waals surface area contributed by atoms with E-state index in [-0.39, 0.29) is 6.10 Å². The van der Waals surface area contributed by atoms with Crippen molar-refractivity contribution in [3.63, 3.8) is 0 Å². The summed E-state index contributed by atoms with van der Waals surface area (Å²) in [6.45, 7) is 3.94. The largest absolute Gasteiger partial charge is 0.490 e. The van der Waals surface area contributed by atoms with E-state index in [1.807, 2.05) is 6.07 Å². The molecule has 3 rings (SSSR count). The van der Waals surface area contributed by atoms with Crippen LogP contribution in [0.1, 0.15) is 18.4 Å². The lowest BCUT2D eigenvalue weighted by Gasteiger charge is -2.17. The van der Waals surface area contributed by atoms with Crippen LogP contribution in [0.15, 0.2) is 16.6 Å². The van der Waals surface area contributed by atoms with Crippen molar-refractivity contribution in [3.05, 3.63) is 22.2 Å². The van der Waals surface area contributed by atoms with Gasteiger partial charge in [-0.05, 0) is 24.1 Å².